The molecule has 102 valence electrons. The number of nitrogen functional groups attached to an aromatic ring is 1. The van der Waals surface area contributed by atoms with E-state index in [0.717, 1.165) is 42.4 Å². The van der Waals surface area contributed by atoms with E-state index in [1.54, 1.807) is 13.4 Å². The van der Waals surface area contributed by atoms with Gasteiger partial charge in [-0.05, 0) is 42.4 Å². The summed E-state index contributed by atoms with van der Waals surface area (Å²) in [7, 11) is 1.66. The second-order valence-corrected chi connectivity index (χ2v) is 4.45. The summed E-state index contributed by atoms with van der Waals surface area (Å²) in [4.78, 5) is 2.27. The molecule has 0 saturated heterocycles. The summed E-state index contributed by atoms with van der Waals surface area (Å²) < 4.78 is 10.6. The summed E-state index contributed by atoms with van der Waals surface area (Å²) in [6.07, 6.45) is 1.70. The lowest BCUT2D eigenvalue weighted by atomic mass is 10.1. The second kappa shape index (κ2) is 6.29. The minimum absolute atomic E-state index is 0.778. The highest BCUT2D eigenvalue weighted by molar-refractivity contribution is 5.50. The smallest absolute Gasteiger partial charge is 0.119 e. The van der Waals surface area contributed by atoms with Crippen LogP contribution in [0.2, 0.25) is 0 Å². The Bertz CT molecular complexity index is 509. The SMILES string of the molecule is CCN(Cc1ccco1)Cc1cc(OC)ccc1N. The number of rotatable bonds is 6. The Kier molecular flexibility index (Phi) is 4.47. The molecule has 2 rings (SSSR count). The van der Waals surface area contributed by atoms with Gasteiger partial charge in [-0.3, -0.25) is 4.90 Å². The third-order valence-electron chi connectivity index (χ3n) is 3.15. The minimum atomic E-state index is 0.778. The number of anilines is 1. The fourth-order valence-electron chi connectivity index (χ4n) is 1.99. The lowest BCUT2D eigenvalue weighted by Gasteiger charge is -2.20. The van der Waals surface area contributed by atoms with E-state index in [-0.39, 0.29) is 0 Å². The van der Waals surface area contributed by atoms with Gasteiger partial charge in [0.2, 0.25) is 0 Å². The van der Waals surface area contributed by atoms with Crippen LogP contribution in [0.3, 0.4) is 0 Å². The van der Waals surface area contributed by atoms with Crippen molar-refractivity contribution in [2.45, 2.75) is 20.0 Å². The molecule has 0 bridgehead atoms. The number of methoxy groups -OCH3 is 1. The van der Waals surface area contributed by atoms with E-state index < -0.39 is 0 Å². The van der Waals surface area contributed by atoms with E-state index in [0.29, 0.717) is 0 Å². The Morgan fingerprint density at radius 3 is 2.74 bits per heavy atom. The van der Waals surface area contributed by atoms with Crippen LogP contribution in [0.5, 0.6) is 5.75 Å². The van der Waals surface area contributed by atoms with Crippen LogP contribution in [0.4, 0.5) is 5.69 Å². The van der Waals surface area contributed by atoms with Crippen molar-refractivity contribution in [3.05, 3.63) is 47.9 Å². The van der Waals surface area contributed by atoms with Crippen molar-refractivity contribution < 1.29 is 9.15 Å². The monoisotopic (exact) mass is 260 g/mol. The molecule has 4 nitrogen and oxygen atoms in total. The van der Waals surface area contributed by atoms with Crippen molar-refractivity contribution in [1.82, 2.24) is 4.90 Å². The van der Waals surface area contributed by atoms with Crippen LogP contribution in [0.25, 0.3) is 0 Å². The standard InChI is InChI=1S/C15H20N2O2/c1-3-17(11-14-5-4-8-19-14)10-12-9-13(18-2)6-7-15(12)16/h4-9H,3,10-11,16H2,1-2H3. The predicted octanol–water partition coefficient (Wildman–Crippen LogP) is 2.89. The average molecular weight is 260 g/mol. The maximum atomic E-state index is 6.01. The van der Waals surface area contributed by atoms with Gasteiger partial charge < -0.3 is 14.9 Å². The molecule has 0 aliphatic carbocycles. The van der Waals surface area contributed by atoms with Crippen LogP contribution in [0.15, 0.2) is 41.0 Å². The van der Waals surface area contributed by atoms with Crippen LogP contribution in [-0.2, 0) is 13.1 Å². The highest BCUT2D eigenvalue weighted by Gasteiger charge is 2.09. The molecule has 0 unspecified atom stereocenters. The van der Waals surface area contributed by atoms with E-state index >= 15 is 0 Å². The molecule has 2 aromatic rings. The van der Waals surface area contributed by atoms with Gasteiger partial charge in [0.1, 0.15) is 11.5 Å². The normalized spacial score (nSPS) is 10.9. The summed E-state index contributed by atoms with van der Waals surface area (Å²) in [5.41, 5.74) is 7.88. The molecule has 0 saturated carbocycles. The van der Waals surface area contributed by atoms with Gasteiger partial charge in [0.05, 0.1) is 19.9 Å². The number of hydrogen-bond acceptors (Lipinski definition) is 4. The molecule has 0 fully saturated rings. The van der Waals surface area contributed by atoms with Gasteiger partial charge in [0.15, 0.2) is 0 Å². The number of nitrogens with two attached hydrogens (primary N) is 1. The summed E-state index contributed by atoms with van der Waals surface area (Å²) in [6, 6.07) is 9.64. The molecule has 2 N–H and O–H groups in total. The third kappa shape index (κ3) is 3.51. The highest BCUT2D eigenvalue weighted by Crippen LogP contribution is 2.21. The number of furan rings is 1. The third-order valence-corrected chi connectivity index (χ3v) is 3.15. The summed E-state index contributed by atoms with van der Waals surface area (Å²) >= 11 is 0. The molecule has 0 aliphatic rings. The van der Waals surface area contributed by atoms with E-state index in [1.165, 1.54) is 0 Å². The van der Waals surface area contributed by atoms with E-state index in [2.05, 4.69) is 11.8 Å². The van der Waals surface area contributed by atoms with Crippen molar-refractivity contribution >= 4 is 5.69 Å². The first-order valence-electron chi connectivity index (χ1n) is 6.40. The number of nitrogens with zero attached hydrogens (tertiary/aromatic N) is 1. The van der Waals surface area contributed by atoms with Gasteiger partial charge in [-0.25, -0.2) is 0 Å². The molecule has 1 aromatic carbocycles. The van der Waals surface area contributed by atoms with Gasteiger partial charge in [0.25, 0.3) is 0 Å². The van der Waals surface area contributed by atoms with E-state index in [4.69, 9.17) is 14.9 Å². The zero-order chi connectivity index (χ0) is 13.7. The van der Waals surface area contributed by atoms with E-state index in [9.17, 15) is 0 Å². The summed E-state index contributed by atoms with van der Waals surface area (Å²) in [6.45, 7) is 4.61. The Hall–Kier alpha value is -1.94. The predicted molar refractivity (Wildman–Crippen MR) is 75.9 cm³/mol. The largest absolute Gasteiger partial charge is 0.497 e. The second-order valence-electron chi connectivity index (χ2n) is 4.45. The van der Waals surface area contributed by atoms with Gasteiger partial charge in [0, 0.05) is 12.2 Å². The van der Waals surface area contributed by atoms with Crippen molar-refractivity contribution in [3.63, 3.8) is 0 Å². The molecule has 19 heavy (non-hydrogen) atoms. The molecular weight excluding hydrogens is 240 g/mol. The fourth-order valence-corrected chi connectivity index (χ4v) is 1.99. The molecule has 1 heterocycles. The van der Waals surface area contributed by atoms with Crippen LogP contribution >= 0.6 is 0 Å². The maximum Gasteiger partial charge on any atom is 0.119 e. The Morgan fingerprint density at radius 2 is 2.11 bits per heavy atom. The van der Waals surface area contributed by atoms with Crippen molar-refractivity contribution in [3.8, 4) is 5.75 Å². The molecule has 0 aliphatic heterocycles. The Balaban J connectivity index is 2.09. The molecular formula is C15H20N2O2. The molecule has 0 spiro atoms. The Morgan fingerprint density at radius 1 is 1.26 bits per heavy atom. The topological polar surface area (TPSA) is 51.6 Å². The highest BCUT2D eigenvalue weighted by atomic mass is 16.5. The number of ether oxygens (including phenoxy) is 1. The zero-order valence-electron chi connectivity index (χ0n) is 11.4. The van der Waals surface area contributed by atoms with Crippen LogP contribution in [-0.4, -0.2) is 18.6 Å². The number of hydrogen-bond donors (Lipinski definition) is 1. The average Bonchev–Trinajstić information content (AvgIpc) is 2.93. The lowest BCUT2D eigenvalue weighted by molar-refractivity contribution is 0.248. The summed E-state index contributed by atoms with van der Waals surface area (Å²) in [5.74, 6) is 1.79. The van der Waals surface area contributed by atoms with Crippen molar-refractivity contribution in [2.75, 3.05) is 19.4 Å². The molecule has 0 radical (unpaired) electrons. The van der Waals surface area contributed by atoms with Crippen LogP contribution < -0.4 is 10.5 Å². The van der Waals surface area contributed by atoms with E-state index in [1.807, 2.05) is 30.3 Å². The minimum Gasteiger partial charge on any atom is -0.497 e. The van der Waals surface area contributed by atoms with Crippen LogP contribution in [0.1, 0.15) is 18.2 Å². The van der Waals surface area contributed by atoms with Gasteiger partial charge in [-0.1, -0.05) is 6.92 Å². The van der Waals surface area contributed by atoms with Gasteiger partial charge in [-0.2, -0.15) is 0 Å². The maximum absolute atomic E-state index is 6.01. The summed E-state index contributed by atoms with van der Waals surface area (Å²) in [5, 5.41) is 0. The molecule has 0 amide bonds. The first kappa shape index (κ1) is 13.5. The molecule has 1 aromatic heterocycles. The van der Waals surface area contributed by atoms with Gasteiger partial charge >= 0.3 is 0 Å². The first-order valence-corrected chi connectivity index (χ1v) is 6.40. The molecule has 4 heteroatoms. The lowest BCUT2D eigenvalue weighted by Crippen LogP contribution is -2.22. The Labute approximate surface area is 113 Å². The van der Waals surface area contributed by atoms with Crippen molar-refractivity contribution in [1.29, 1.82) is 0 Å². The van der Waals surface area contributed by atoms with Gasteiger partial charge in [-0.15, -0.1) is 0 Å². The zero-order valence-corrected chi connectivity index (χ0v) is 11.4. The van der Waals surface area contributed by atoms with Crippen molar-refractivity contribution in [2.24, 2.45) is 0 Å². The fraction of sp³-hybridized carbons (Fsp3) is 0.333. The number of benzene rings is 1. The van der Waals surface area contributed by atoms with Crippen LogP contribution in [0, 0.1) is 0 Å². The molecule has 0 atom stereocenters. The first-order chi connectivity index (χ1) is 9.22. The quantitative estimate of drug-likeness (QED) is 0.811.